The standard InChI is InChI=1S/C27H28F2N8O2S/c1-5-37-24(34(4)26-31-21(20(15-30)40-26)16-6-8-17(28)9-7-16)18-14-19(22(29)32-23(18)33-37)35-10-12-36(13-11-35)25(38)27(2,3)39/h6-9,14,39H,5,10-13H2,1-4H3. The number of thiazole rings is 1. The maximum Gasteiger partial charge on any atom is 0.254 e. The van der Waals surface area contributed by atoms with Gasteiger partial charge in [0.15, 0.2) is 10.8 Å². The Morgan fingerprint density at radius 2 is 1.85 bits per heavy atom. The van der Waals surface area contributed by atoms with E-state index in [0.717, 1.165) is 0 Å². The van der Waals surface area contributed by atoms with E-state index in [-0.39, 0.29) is 23.1 Å². The van der Waals surface area contributed by atoms with Crippen LogP contribution in [0, 0.1) is 23.1 Å². The highest BCUT2D eigenvalue weighted by Gasteiger charge is 2.32. The van der Waals surface area contributed by atoms with Crippen molar-refractivity contribution in [1.82, 2.24) is 24.6 Å². The Morgan fingerprint density at radius 3 is 2.45 bits per heavy atom. The van der Waals surface area contributed by atoms with Crippen molar-refractivity contribution in [2.45, 2.75) is 32.9 Å². The summed E-state index contributed by atoms with van der Waals surface area (Å²) >= 11 is 1.19. The Balaban J connectivity index is 1.50. The van der Waals surface area contributed by atoms with E-state index in [9.17, 15) is 19.6 Å². The molecule has 4 heterocycles. The second-order valence-electron chi connectivity index (χ2n) is 10.00. The molecule has 1 fully saturated rings. The van der Waals surface area contributed by atoms with E-state index in [0.29, 0.717) is 65.2 Å². The van der Waals surface area contributed by atoms with Crippen molar-refractivity contribution in [2.24, 2.45) is 0 Å². The minimum Gasteiger partial charge on any atom is -0.381 e. The molecular weight excluding hydrogens is 538 g/mol. The fourth-order valence-electron chi connectivity index (χ4n) is 4.77. The molecule has 1 aliphatic heterocycles. The van der Waals surface area contributed by atoms with Gasteiger partial charge in [0.1, 0.15) is 33.9 Å². The number of hydrogen-bond donors (Lipinski definition) is 1. The Kier molecular flexibility index (Phi) is 7.16. The van der Waals surface area contributed by atoms with Gasteiger partial charge >= 0.3 is 0 Å². The number of benzene rings is 1. The summed E-state index contributed by atoms with van der Waals surface area (Å²) in [5, 5.41) is 25.4. The molecule has 0 atom stereocenters. The Labute approximate surface area is 233 Å². The number of fused-ring (bicyclic) bond motifs is 1. The summed E-state index contributed by atoms with van der Waals surface area (Å²) in [6.07, 6.45) is 0. The van der Waals surface area contributed by atoms with E-state index in [2.05, 4.69) is 21.1 Å². The first-order valence-electron chi connectivity index (χ1n) is 12.8. The summed E-state index contributed by atoms with van der Waals surface area (Å²) in [5.74, 6) is -0.779. The van der Waals surface area contributed by atoms with Crippen LogP contribution >= 0.6 is 11.3 Å². The third-order valence-corrected chi connectivity index (χ3v) is 7.84. The summed E-state index contributed by atoms with van der Waals surface area (Å²) in [6, 6.07) is 9.68. The average Bonchev–Trinajstić information content (AvgIpc) is 3.53. The topological polar surface area (TPSA) is 114 Å². The molecule has 5 rings (SSSR count). The third-order valence-electron chi connectivity index (χ3n) is 6.81. The molecule has 4 aromatic rings. The van der Waals surface area contributed by atoms with Crippen molar-refractivity contribution in [3.05, 3.63) is 47.0 Å². The Bertz CT molecular complexity index is 1610. The lowest BCUT2D eigenvalue weighted by atomic mass is 10.1. The molecule has 10 nitrogen and oxygen atoms in total. The van der Waals surface area contributed by atoms with Gasteiger partial charge in [0.25, 0.3) is 5.91 Å². The van der Waals surface area contributed by atoms with Gasteiger partial charge in [-0.25, -0.2) is 14.1 Å². The fraction of sp³-hybridized carbons (Fsp3) is 0.370. The number of carbonyl (C=O) groups excluding carboxylic acids is 1. The van der Waals surface area contributed by atoms with Crippen molar-refractivity contribution >= 4 is 44.9 Å². The van der Waals surface area contributed by atoms with Gasteiger partial charge in [0.2, 0.25) is 5.95 Å². The van der Waals surface area contributed by atoms with Crippen LogP contribution in [0.3, 0.4) is 0 Å². The molecule has 0 spiro atoms. The monoisotopic (exact) mass is 566 g/mol. The summed E-state index contributed by atoms with van der Waals surface area (Å²) in [5.41, 5.74) is 0.119. The van der Waals surface area contributed by atoms with E-state index in [1.165, 1.54) is 37.3 Å². The van der Waals surface area contributed by atoms with Gasteiger partial charge in [0.05, 0.1) is 11.1 Å². The first-order chi connectivity index (χ1) is 19.0. The number of aromatic nitrogens is 4. The average molecular weight is 567 g/mol. The number of carbonyl (C=O) groups is 1. The van der Waals surface area contributed by atoms with Crippen molar-refractivity contribution in [1.29, 1.82) is 5.26 Å². The lowest BCUT2D eigenvalue weighted by molar-refractivity contribution is -0.148. The van der Waals surface area contributed by atoms with Crippen LogP contribution in [0.2, 0.25) is 0 Å². The van der Waals surface area contributed by atoms with Gasteiger partial charge in [-0.05, 0) is 51.1 Å². The minimum absolute atomic E-state index is 0.233. The molecule has 0 radical (unpaired) electrons. The molecule has 208 valence electrons. The second-order valence-corrected chi connectivity index (χ2v) is 11.0. The third kappa shape index (κ3) is 4.96. The normalized spacial score (nSPS) is 14.1. The molecule has 40 heavy (non-hydrogen) atoms. The first-order valence-corrected chi connectivity index (χ1v) is 13.6. The van der Waals surface area contributed by atoms with Crippen LogP contribution in [-0.2, 0) is 11.3 Å². The quantitative estimate of drug-likeness (QED) is 0.350. The van der Waals surface area contributed by atoms with Crippen LogP contribution in [-0.4, -0.2) is 74.5 Å². The highest BCUT2D eigenvalue weighted by atomic mass is 32.1. The number of piperazine rings is 1. The van der Waals surface area contributed by atoms with Crippen LogP contribution in [0.25, 0.3) is 22.3 Å². The zero-order chi connectivity index (χ0) is 28.8. The molecule has 1 amide bonds. The van der Waals surface area contributed by atoms with E-state index < -0.39 is 11.5 Å². The van der Waals surface area contributed by atoms with E-state index in [4.69, 9.17) is 0 Å². The van der Waals surface area contributed by atoms with Gasteiger partial charge in [-0.2, -0.15) is 19.7 Å². The molecule has 0 unspecified atom stereocenters. The Hall–Kier alpha value is -4.15. The lowest BCUT2D eigenvalue weighted by Crippen LogP contribution is -2.54. The lowest BCUT2D eigenvalue weighted by Gasteiger charge is -2.38. The summed E-state index contributed by atoms with van der Waals surface area (Å²) in [7, 11) is 1.79. The molecule has 0 bridgehead atoms. The number of pyridine rings is 1. The zero-order valence-corrected chi connectivity index (χ0v) is 23.3. The molecule has 0 saturated carbocycles. The largest absolute Gasteiger partial charge is 0.381 e. The number of nitrogens with zero attached hydrogens (tertiary/aromatic N) is 8. The summed E-state index contributed by atoms with van der Waals surface area (Å²) in [4.78, 5) is 26.9. The fourth-order valence-corrected chi connectivity index (χ4v) is 5.62. The molecule has 3 aromatic heterocycles. The van der Waals surface area contributed by atoms with Crippen LogP contribution in [0.4, 0.5) is 25.4 Å². The number of anilines is 3. The number of halogens is 2. The van der Waals surface area contributed by atoms with Crippen LogP contribution in [0.1, 0.15) is 25.6 Å². The number of nitriles is 1. The van der Waals surface area contributed by atoms with Crippen molar-refractivity contribution in [3.63, 3.8) is 0 Å². The molecular formula is C27H28F2N8O2S. The maximum atomic E-state index is 15.2. The second kappa shape index (κ2) is 10.4. The predicted molar refractivity (Wildman–Crippen MR) is 149 cm³/mol. The molecule has 1 saturated heterocycles. The number of amides is 1. The molecule has 1 N–H and O–H groups in total. The Morgan fingerprint density at radius 1 is 1.18 bits per heavy atom. The SMILES string of the molecule is CCn1nc2nc(F)c(N3CCN(C(=O)C(C)(C)O)CC3)cc2c1N(C)c1nc(-c2ccc(F)cc2)c(C#N)s1. The van der Waals surface area contributed by atoms with Gasteiger partial charge in [-0.15, -0.1) is 0 Å². The highest BCUT2D eigenvalue weighted by Crippen LogP contribution is 2.38. The molecule has 0 aliphatic carbocycles. The van der Waals surface area contributed by atoms with E-state index in [1.807, 2.05) is 11.8 Å². The first kappa shape index (κ1) is 27.4. The van der Waals surface area contributed by atoms with Gasteiger partial charge < -0.3 is 19.8 Å². The summed E-state index contributed by atoms with van der Waals surface area (Å²) in [6.45, 7) is 6.71. The molecule has 1 aromatic carbocycles. The number of rotatable bonds is 6. The van der Waals surface area contributed by atoms with E-state index in [1.54, 1.807) is 39.7 Å². The van der Waals surface area contributed by atoms with Gasteiger partial charge in [0, 0.05) is 45.3 Å². The maximum absolute atomic E-state index is 15.2. The molecule has 13 heteroatoms. The summed E-state index contributed by atoms with van der Waals surface area (Å²) < 4.78 is 30.4. The zero-order valence-electron chi connectivity index (χ0n) is 22.5. The number of aliphatic hydroxyl groups is 1. The van der Waals surface area contributed by atoms with Crippen molar-refractivity contribution in [2.75, 3.05) is 43.0 Å². The van der Waals surface area contributed by atoms with Crippen LogP contribution < -0.4 is 9.80 Å². The number of hydrogen-bond acceptors (Lipinski definition) is 9. The predicted octanol–water partition coefficient (Wildman–Crippen LogP) is 3.91. The van der Waals surface area contributed by atoms with Gasteiger partial charge in [-0.3, -0.25) is 4.79 Å². The van der Waals surface area contributed by atoms with Crippen LogP contribution in [0.5, 0.6) is 0 Å². The van der Waals surface area contributed by atoms with Crippen molar-refractivity contribution in [3.8, 4) is 17.3 Å². The van der Waals surface area contributed by atoms with Crippen molar-refractivity contribution < 1.29 is 18.7 Å². The van der Waals surface area contributed by atoms with Crippen LogP contribution in [0.15, 0.2) is 30.3 Å². The van der Waals surface area contributed by atoms with Gasteiger partial charge in [-0.1, -0.05) is 11.3 Å². The van der Waals surface area contributed by atoms with E-state index >= 15 is 4.39 Å². The molecule has 1 aliphatic rings. The minimum atomic E-state index is -1.47. The highest BCUT2D eigenvalue weighted by molar-refractivity contribution is 7.16. The smallest absolute Gasteiger partial charge is 0.254 e. The number of aryl methyl sites for hydroxylation is 1.